The molecule has 0 N–H and O–H groups in total. The molecular weight excluding hydrogens is 124 g/mol. The summed E-state index contributed by atoms with van der Waals surface area (Å²) in [4.78, 5) is 0. The van der Waals surface area contributed by atoms with Gasteiger partial charge in [0, 0.05) is 0 Å². The molecule has 1 saturated heterocycles. The maximum atomic E-state index is 5.73. The van der Waals surface area contributed by atoms with Crippen molar-refractivity contribution in [2.75, 3.05) is 0 Å². The van der Waals surface area contributed by atoms with Crippen molar-refractivity contribution in [2.45, 2.75) is 52.7 Å². The molecule has 1 heterocycles. The molecule has 0 amide bonds. The van der Waals surface area contributed by atoms with Gasteiger partial charge in [0.05, 0.1) is 12.2 Å². The van der Waals surface area contributed by atoms with Crippen LogP contribution in [0.25, 0.3) is 0 Å². The molecule has 0 saturated carbocycles. The van der Waals surface area contributed by atoms with Crippen LogP contribution in [-0.4, -0.2) is 12.2 Å². The van der Waals surface area contributed by atoms with Gasteiger partial charge in [0.25, 0.3) is 0 Å². The first-order chi connectivity index (χ1) is 4.50. The van der Waals surface area contributed by atoms with Crippen LogP contribution in [-0.2, 0) is 4.74 Å². The quantitative estimate of drug-likeness (QED) is 0.505. The summed E-state index contributed by atoms with van der Waals surface area (Å²) in [6.07, 6.45) is 3.46. The molecule has 0 unspecified atom stereocenters. The lowest BCUT2D eigenvalue weighted by Gasteiger charge is -2.26. The van der Waals surface area contributed by atoms with Gasteiger partial charge in [-0.25, -0.2) is 0 Å². The molecule has 0 aromatic rings. The van der Waals surface area contributed by atoms with Crippen LogP contribution in [0.15, 0.2) is 0 Å². The molecule has 10 heavy (non-hydrogen) atoms. The van der Waals surface area contributed by atoms with Crippen molar-refractivity contribution >= 4 is 0 Å². The van der Waals surface area contributed by atoms with Crippen LogP contribution < -0.4 is 0 Å². The standard InChI is InChI=1S/C9H18O/c1-7-5-6-8(10-7)9(2,3)4/h7-8H,5-6H2,1-4H3/t7-,8-/m0/s1. The number of hydrogen-bond donors (Lipinski definition) is 0. The monoisotopic (exact) mass is 142 g/mol. The van der Waals surface area contributed by atoms with Crippen LogP contribution in [0, 0.1) is 5.41 Å². The van der Waals surface area contributed by atoms with E-state index in [9.17, 15) is 0 Å². The Kier molecular flexibility index (Phi) is 2.04. The number of ether oxygens (including phenoxy) is 1. The van der Waals surface area contributed by atoms with Crippen LogP contribution in [0.1, 0.15) is 40.5 Å². The predicted octanol–water partition coefficient (Wildman–Crippen LogP) is 2.60. The summed E-state index contributed by atoms with van der Waals surface area (Å²) in [5, 5.41) is 0. The summed E-state index contributed by atoms with van der Waals surface area (Å²) in [6, 6.07) is 0. The number of hydrogen-bond acceptors (Lipinski definition) is 1. The Hall–Kier alpha value is -0.0400. The lowest BCUT2D eigenvalue weighted by Crippen LogP contribution is -2.25. The van der Waals surface area contributed by atoms with Gasteiger partial charge >= 0.3 is 0 Å². The summed E-state index contributed by atoms with van der Waals surface area (Å²) in [7, 11) is 0. The fourth-order valence-electron chi connectivity index (χ4n) is 1.44. The van der Waals surface area contributed by atoms with Crippen molar-refractivity contribution in [1.82, 2.24) is 0 Å². The van der Waals surface area contributed by atoms with Gasteiger partial charge in [-0.3, -0.25) is 0 Å². The molecule has 2 atom stereocenters. The van der Waals surface area contributed by atoms with Crippen LogP contribution in [0.5, 0.6) is 0 Å². The lowest BCUT2D eigenvalue weighted by atomic mass is 9.87. The van der Waals surface area contributed by atoms with Gasteiger partial charge in [0.15, 0.2) is 0 Å². The third kappa shape index (κ3) is 1.72. The van der Waals surface area contributed by atoms with E-state index >= 15 is 0 Å². The third-order valence-corrected chi connectivity index (χ3v) is 2.20. The highest BCUT2D eigenvalue weighted by atomic mass is 16.5. The lowest BCUT2D eigenvalue weighted by molar-refractivity contribution is -0.00812. The Bertz CT molecular complexity index is 112. The molecule has 0 aromatic heterocycles. The second kappa shape index (κ2) is 2.54. The van der Waals surface area contributed by atoms with E-state index in [0.717, 1.165) is 0 Å². The molecule has 0 bridgehead atoms. The van der Waals surface area contributed by atoms with Crippen molar-refractivity contribution < 1.29 is 4.74 Å². The van der Waals surface area contributed by atoms with E-state index < -0.39 is 0 Å². The molecule has 0 aromatic carbocycles. The highest BCUT2D eigenvalue weighted by molar-refractivity contribution is 4.80. The summed E-state index contributed by atoms with van der Waals surface area (Å²) in [5.41, 5.74) is 0.338. The first-order valence-electron chi connectivity index (χ1n) is 4.15. The Morgan fingerprint density at radius 1 is 1.20 bits per heavy atom. The summed E-state index contributed by atoms with van der Waals surface area (Å²) < 4.78 is 5.73. The van der Waals surface area contributed by atoms with E-state index in [4.69, 9.17) is 4.74 Å². The maximum absolute atomic E-state index is 5.73. The molecular formula is C9H18O. The summed E-state index contributed by atoms with van der Waals surface area (Å²) in [5.74, 6) is 0. The molecule has 1 aliphatic rings. The minimum atomic E-state index is 0.338. The van der Waals surface area contributed by atoms with Crippen LogP contribution in [0.3, 0.4) is 0 Å². The van der Waals surface area contributed by atoms with Gasteiger partial charge in [-0.1, -0.05) is 20.8 Å². The average molecular weight is 142 g/mol. The van der Waals surface area contributed by atoms with E-state index in [1.807, 2.05) is 0 Å². The van der Waals surface area contributed by atoms with Crippen molar-refractivity contribution in [3.05, 3.63) is 0 Å². The minimum Gasteiger partial charge on any atom is -0.375 e. The van der Waals surface area contributed by atoms with Crippen LogP contribution >= 0.6 is 0 Å². The summed E-state index contributed by atoms with van der Waals surface area (Å²) >= 11 is 0. The fraction of sp³-hybridized carbons (Fsp3) is 1.00. The highest BCUT2D eigenvalue weighted by Crippen LogP contribution is 2.32. The van der Waals surface area contributed by atoms with Crippen molar-refractivity contribution in [2.24, 2.45) is 5.41 Å². The Balaban J connectivity index is 2.45. The van der Waals surface area contributed by atoms with E-state index in [-0.39, 0.29) is 0 Å². The second-order valence-corrected chi connectivity index (χ2v) is 4.38. The van der Waals surface area contributed by atoms with Gasteiger partial charge in [0.1, 0.15) is 0 Å². The SMILES string of the molecule is C[C@H]1CC[C@@H](C(C)(C)C)O1. The first kappa shape index (κ1) is 8.06. The first-order valence-corrected chi connectivity index (χ1v) is 4.15. The van der Waals surface area contributed by atoms with Gasteiger partial charge in [-0.2, -0.15) is 0 Å². The molecule has 1 aliphatic heterocycles. The summed E-state index contributed by atoms with van der Waals surface area (Å²) in [6.45, 7) is 8.90. The smallest absolute Gasteiger partial charge is 0.0627 e. The molecule has 1 heteroatoms. The molecule has 1 nitrogen and oxygen atoms in total. The maximum Gasteiger partial charge on any atom is 0.0627 e. The fourth-order valence-corrected chi connectivity index (χ4v) is 1.44. The molecule has 1 rings (SSSR count). The molecule has 0 aliphatic carbocycles. The van der Waals surface area contributed by atoms with E-state index in [2.05, 4.69) is 27.7 Å². The van der Waals surface area contributed by atoms with Gasteiger partial charge in [0.2, 0.25) is 0 Å². The van der Waals surface area contributed by atoms with E-state index in [0.29, 0.717) is 17.6 Å². The Morgan fingerprint density at radius 3 is 2.00 bits per heavy atom. The van der Waals surface area contributed by atoms with Gasteiger partial charge in [-0.15, -0.1) is 0 Å². The molecule has 0 radical (unpaired) electrons. The predicted molar refractivity (Wildman–Crippen MR) is 43.0 cm³/mol. The zero-order chi connectivity index (χ0) is 7.78. The number of rotatable bonds is 0. The minimum absolute atomic E-state index is 0.338. The largest absolute Gasteiger partial charge is 0.375 e. The Morgan fingerprint density at radius 2 is 1.80 bits per heavy atom. The molecule has 0 spiro atoms. The van der Waals surface area contributed by atoms with Crippen molar-refractivity contribution in [3.8, 4) is 0 Å². The average Bonchev–Trinajstić information content (AvgIpc) is 2.11. The van der Waals surface area contributed by atoms with E-state index in [1.54, 1.807) is 0 Å². The topological polar surface area (TPSA) is 9.23 Å². The Labute approximate surface area is 63.8 Å². The highest BCUT2D eigenvalue weighted by Gasteiger charge is 2.31. The molecule has 60 valence electrons. The zero-order valence-electron chi connectivity index (χ0n) is 7.48. The second-order valence-electron chi connectivity index (χ2n) is 4.38. The van der Waals surface area contributed by atoms with Crippen molar-refractivity contribution in [1.29, 1.82) is 0 Å². The van der Waals surface area contributed by atoms with Gasteiger partial charge in [-0.05, 0) is 25.2 Å². The third-order valence-electron chi connectivity index (χ3n) is 2.20. The zero-order valence-corrected chi connectivity index (χ0v) is 7.48. The van der Waals surface area contributed by atoms with Gasteiger partial charge < -0.3 is 4.74 Å². The van der Waals surface area contributed by atoms with Crippen LogP contribution in [0.4, 0.5) is 0 Å². The van der Waals surface area contributed by atoms with Crippen molar-refractivity contribution in [3.63, 3.8) is 0 Å². The normalized spacial score (nSPS) is 34.8. The van der Waals surface area contributed by atoms with Crippen LogP contribution in [0.2, 0.25) is 0 Å². The van der Waals surface area contributed by atoms with E-state index in [1.165, 1.54) is 12.8 Å². The molecule has 1 fully saturated rings.